The Kier molecular flexibility index (Phi) is 3.74. The second-order valence-electron chi connectivity index (χ2n) is 5.68. The maximum atomic E-state index is 9.49. The highest BCUT2D eigenvalue weighted by molar-refractivity contribution is 5.32. The van der Waals surface area contributed by atoms with Gasteiger partial charge >= 0.3 is 0 Å². The third-order valence-electron chi connectivity index (χ3n) is 4.22. The fraction of sp³-hybridized carbons (Fsp3) is 0.278. The number of hydrogen-bond acceptors (Lipinski definition) is 3. The highest BCUT2D eigenvalue weighted by Crippen LogP contribution is 2.26. The molecule has 0 spiro atoms. The summed E-state index contributed by atoms with van der Waals surface area (Å²) in [6.07, 6.45) is 0.640. The fourth-order valence-electron chi connectivity index (χ4n) is 2.90. The van der Waals surface area contributed by atoms with Gasteiger partial charge in [0.1, 0.15) is 5.54 Å². The van der Waals surface area contributed by atoms with Crippen molar-refractivity contribution in [1.29, 1.82) is 5.26 Å². The summed E-state index contributed by atoms with van der Waals surface area (Å²) in [6.45, 7) is 2.73. The second-order valence-corrected chi connectivity index (χ2v) is 5.68. The first kappa shape index (κ1) is 13.8. The quantitative estimate of drug-likeness (QED) is 0.935. The lowest BCUT2D eigenvalue weighted by atomic mass is 9.89. The maximum Gasteiger partial charge on any atom is 0.131 e. The van der Waals surface area contributed by atoms with Gasteiger partial charge in [-0.25, -0.2) is 0 Å². The summed E-state index contributed by atoms with van der Waals surface area (Å²) in [7, 11) is 0. The monoisotopic (exact) mass is 277 g/mol. The van der Waals surface area contributed by atoms with E-state index >= 15 is 0 Å². The van der Waals surface area contributed by atoms with Crippen molar-refractivity contribution in [3.8, 4) is 6.07 Å². The van der Waals surface area contributed by atoms with Crippen LogP contribution in [0.25, 0.3) is 0 Å². The van der Waals surface area contributed by atoms with Gasteiger partial charge in [0, 0.05) is 19.6 Å². The van der Waals surface area contributed by atoms with E-state index in [-0.39, 0.29) is 0 Å². The Morgan fingerprint density at radius 2 is 1.57 bits per heavy atom. The van der Waals surface area contributed by atoms with Crippen LogP contribution in [0.4, 0.5) is 0 Å². The van der Waals surface area contributed by atoms with E-state index < -0.39 is 5.54 Å². The van der Waals surface area contributed by atoms with Crippen molar-refractivity contribution >= 4 is 0 Å². The number of rotatable bonds is 4. The number of hydrogen-bond donors (Lipinski definition) is 1. The smallest absolute Gasteiger partial charge is 0.131 e. The molecule has 0 bridgehead atoms. The molecule has 0 radical (unpaired) electrons. The molecule has 106 valence electrons. The Morgan fingerprint density at radius 3 is 2.14 bits per heavy atom. The summed E-state index contributed by atoms with van der Waals surface area (Å²) in [6, 6.07) is 20.5. The standard InChI is InChI=1S/C18H19N3/c19-14-18(20,17-8-2-1-3-9-17)10-11-21-12-15-6-4-5-7-16(15)13-21/h1-9H,10-13,20H2. The molecular formula is C18H19N3. The molecule has 2 aromatic carbocycles. The van der Waals surface area contributed by atoms with Gasteiger partial charge in [0.25, 0.3) is 0 Å². The van der Waals surface area contributed by atoms with E-state index in [0.717, 1.165) is 25.2 Å². The minimum atomic E-state index is -0.907. The number of nitrogens with two attached hydrogens (primary N) is 1. The van der Waals surface area contributed by atoms with Crippen molar-refractivity contribution in [3.05, 3.63) is 71.3 Å². The molecule has 3 nitrogen and oxygen atoms in total. The van der Waals surface area contributed by atoms with Crippen molar-refractivity contribution in [2.75, 3.05) is 6.54 Å². The minimum absolute atomic E-state index is 0.640. The molecule has 0 fully saturated rings. The third kappa shape index (κ3) is 2.82. The summed E-state index contributed by atoms with van der Waals surface area (Å²) < 4.78 is 0. The number of benzene rings is 2. The zero-order valence-electron chi connectivity index (χ0n) is 12.0. The lowest BCUT2D eigenvalue weighted by Crippen LogP contribution is -2.38. The van der Waals surface area contributed by atoms with Gasteiger partial charge in [-0.1, -0.05) is 54.6 Å². The summed E-state index contributed by atoms with van der Waals surface area (Å²) in [5, 5.41) is 9.49. The van der Waals surface area contributed by atoms with Crippen molar-refractivity contribution in [1.82, 2.24) is 4.90 Å². The average molecular weight is 277 g/mol. The van der Waals surface area contributed by atoms with E-state index in [1.807, 2.05) is 30.3 Å². The predicted molar refractivity (Wildman–Crippen MR) is 83.1 cm³/mol. The molecule has 1 unspecified atom stereocenters. The SMILES string of the molecule is N#CC(N)(CCN1Cc2ccccc2C1)c1ccccc1. The zero-order valence-corrected chi connectivity index (χ0v) is 12.0. The van der Waals surface area contributed by atoms with Crippen molar-refractivity contribution < 1.29 is 0 Å². The van der Waals surface area contributed by atoms with Crippen LogP contribution in [0.3, 0.4) is 0 Å². The Morgan fingerprint density at radius 1 is 1.00 bits per heavy atom. The second kappa shape index (κ2) is 5.69. The van der Waals surface area contributed by atoms with Crippen LogP contribution in [0.2, 0.25) is 0 Å². The Hall–Kier alpha value is -2.15. The summed E-state index contributed by atoms with van der Waals surface area (Å²) in [5.41, 5.74) is 9.07. The van der Waals surface area contributed by atoms with Gasteiger partial charge in [-0.2, -0.15) is 5.26 Å². The van der Waals surface area contributed by atoms with Crippen LogP contribution in [0.15, 0.2) is 54.6 Å². The van der Waals surface area contributed by atoms with Gasteiger partial charge in [-0.15, -0.1) is 0 Å². The van der Waals surface area contributed by atoms with E-state index in [1.165, 1.54) is 11.1 Å². The van der Waals surface area contributed by atoms with E-state index in [1.54, 1.807) is 0 Å². The molecule has 21 heavy (non-hydrogen) atoms. The molecule has 1 aliphatic rings. The Labute approximate surface area is 125 Å². The van der Waals surface area contributed by atoms with E-state index in [0.29, 0.717) is 6.42 Å². The molecule has 1 aliphatic heterocycles. The molecule has 1 atom stereocenters. The first-order valence-corrected chi connectivity index (χ1v) is 7.26. The van der Waals surface area contributed by atoms with E-state index in [9.17, 15) is 5.26 Å². The molecule has 3 rings (SSSR count). The molecule has 0 saturated heterocycles. The molecule has 2 aromatic rings. The fourth-order valence-corrected chi connectivity index (χ4v) is 2.90. The molecule has 0 aliphatic carbocycles. The van der Waals surface area contributed by atoms with Crippen molar-refractivity contribution in [2.24, 2.45) is 5.73 Å². The number of nitrogens with zero attached hydrogens (tertiary/aromatic N) is 2. The highest BCUT2D eigenvalue weighted by Gasteiger charge is 2.28. The number of fused-ring (bicyclic) bond motifs is 1. The van der Waals surface area contributed by atoms with Gasteiger partial charge in [-0.3, -0.25) is 4.90 Å². The molecule has 0 saturated carbocycles. The van der Waals surface area contributed by atoms with Gasteiger partial charge in [-0.05, 0) is 23.1 Å². The lowest BCUT2D eigenvalue weighted by Gasteiger charge is -2.25. The number of nitriles is 1. The van der Waals surface area contributed by atoms with Crippen LogP contribution in [-0.4, -0.2) is 11.4 Å². The minimum Gasteiger partial charge on any atom is -0.310 e. The van der Waals surface area contributed by atoms with E-state index in [4.69, 9.17) is 5.73 Å². The topological polar surface area (TPSA) is 53.1 Å². The lowest BCUT2D eigenvalue weighted by molar-refractivity contribution is 0.260. The van der Waals surface area contributed by atoms with Gasteiger partial charge in [0.2, 0.25) is 0 Å². The third-order valence-corrected chi connectivity index (χ3v) is 4.22. The van der Waals surface area contributed by atoms with Gasteiger partial charge < -0.3 is 5.73 Å². The zero-order chi connectivity index (χ0) is 14.7. The molecule has 3 heteroatoms. The Balaban J connectivity index is 1.67. The van der Waals surface area contributed by atoms with Crippen molar-refractivity contribution in [3.63, 3.8) is 0 Å². The van der Waals surface area contributed by atoms with Crippen LogP contribution in [-0.2, 0) is 18.6 Å². The normalized spacial score (nSPS) is 17.0. The summed E-state index contributed by atoms with van der Waals surface area (Å²) in [5.74, 6) is 0. The van der Waals surface area contributed by atoms with Crippen LogP contribution in [0.1, 0.15) is 23.1 Å². The van der Waals surface area contributed by atoms with Crippen LogP contribution in [0.5, 0.6) is 0 Å². The maximum absolute atomic E-state index is 9.49. The van der Waals surface area contributed by atoms with Crippen LogP contribution in [0, 0.1) is 11.3 Å². The predicted octanol–water partition coefficient (Wildman–Crippen LogP) is 2.77. The average Bonchev–Trinajstić information content (AvgIpc) is 2.96. The largest absolute Gasteiger partial charge is 0.310 e. The molecule has 2 N–H and O–H groups in total. The van der Waals surface area contributed by atoms with Crippen LogP contribution >= 0.6 is 0 Å². The Bertz CT molecular complexity index is 635. The van der Waals surface area contributed by atoms with Crippen LogP contribution < -0.4 is 5.73 Å². The van der Waals surface area contributed by atoms with Gasteiger partial charge in [0.15, 0.2) is 0 Å². The molecule has 1 heterocycles. The highest BCUT2D eigenvalue weighted by atomic mass is 15.1. The summed E-state index contributed by atoms with van der Waals surface area (Å²) >= 11 is 0. The molecular weight excluding hydrogens is 258 g/mol. The van der Waals surface area contributed by atoms with Gasteiger partial charge in [0.05, 0.1) is 6.07 Å². The van der Waals surface area contributed by atoms with Crippen molar-refractivity contribution in [2.45, 2.75) is 25.0 Å². The first-order valence-electron chi connectivity index (χ1n) is 7.26. The molecule has 0 amide bonds. The molecule has 0 aromatic heterocycles. The van der Waals surface area contributed by atoms with E-state index in [2.05, 4.69) is 35.2 Å². The first-order chi connectivity index (χ1) is 10.2. The summed E-state index contributed by atoms with van der Waals surface area (Å²) in [4.78, 5) is 2.35.